The number of benzene rings is 1. The number of carboxylic acids is 1. The molecule has 0 amide bonds. The maximum absolute atomic E-state index is 11.9. The molecule has 0 spiro atoms. The Balaban J connectivity index is 3.04. The summed E-state index contributed by atoms with van der Waals surface area (Å²) < 4.78 is 11.0. The Kier molecular flexibility index (Phi) is 11.9. The predicted molar refractivity (Wildman–Crippen MR) is 138 cm³/mol. The van der Waals surface area contributed by atoms with Crippen LogP contribution in [0, 0.1) is 17.8 Å². The predicted octanol–water partition coefficient (Wildman–Crippen LogP) is 4.49. The van der Waals surface area contributed by atoms with Gasteiger partial charge in [-0.05, 0) is 60.6 Å². The minimum atomic E-state index is -0.936. The molecule has 0 fully saturated rings. The number of carboxylic acid groups (broad SMARTS) is 1. The van der Waals surface area contributed by atoms with Gasteiger partial charge in [-0.2, -0.15) is 0 Å². The highest BCUT2D eigenvalue weighted by Crippen LogP contribution is 2.34. The Hall–Kier alpha value is -2.38. The van der Waals surface area contributed by atoms with Crippen LogP contribution in [0.25, 0.3) is 0 Å². The maximum atomic E-state index is 11.9. The molecule has 7 heteroatoms. The summed E-state index contributed by atoms with van der Waals surface area (Å²) in [5.41, 5.74) is 8.46. The van der Waals surface area contributed by atoms with Crippen molar-refractivity contribution in [2.45, 2.75) is 85.3 Å². The number of carbonyl (C=O) groups is 2. The van der Waals surface area contributed by atoms with E-state index in [9.17, 15) is 14.7 Å². The van der Waals surface area contributed by atoms with E-state index in [0.717, 1.165) is 17.5 Å². The molecular formula is C28H45NO6. The monoisotopic (exact) mass is 491 g/mol. The molecule has 0 aromatic heterocycles. The molecular weight excluding hydrogens is 446 g/mol. The van der Waals surface area contributed by atoms with E-state index < -0.39 is 30.0 Å². The molecule has 1 rings (SSSR count). The summed E-state index contributed by atoms with van der Waals surface area (Å²) in [7, 11) is 0. The van der Waals surface area contributed by atoms with Crippen molar-refractivity contribution in [3.05, 3.63) is 41.5 Å². The molecule has 198 valence electrons. The van der Waals surface area contributed by atoms with E-state index >= 15 is 0 Å². The first-order valence-electron chi connectivity index (χ1n) is 12.4. The van der Waals surface area contributed by atoms with E-state index in [0.29, 0.717) is 18.1 Å². The second-order valence-corrected chi connectivity index (χ2v) is 10.8. The second kappa shape index (κ2) is 13.6. The number of aliphatic carboxylic acids is 1. The molecule has 1 aromatic carbocycles. The fraction of sp³-hybridized carbons (Fsp3) is 0.643. The number of nitrogens with two attached hydrogens (primary N) is 1. The van der Waals surface area contributed by atoms with Crippen LogP contribution in [0.2, 0.25) is 0 Å². The topological polar surface area (TPSA) is 119 Å². The van der Waals surface area contributed by atoms with Gasteiger partial charge in [0.1, 0.15) is 12.4 Å². The SMILES string of the molecule is C=C(COc1cc(C[C@@H](C[C@H](N)[C@@H](O)CC(C)C(=O)O)C(C)C)ccc1C(C)(C)C)C(=O)OCC. The van der Waals surface area contributed by atoms with Gasteiger partial charge in [-0.15, -0.1) is 0 Å². The molecule has 7 nitrogen and oxygen atoms in total. The van der Waals surface area contributed by atoms with E-state index in [-0.39, 0.29) is 36.5 Å². The zero-order chi connectivity index (χ0) is 26.9. The van der Waals surface area contributed by atoms with Crippen LogP contribution in [0.4, 0.5) is 0 Å². The number of carbonyl (C=O) groups excluding carboxylic acids is 1. The van der Waals surface area contributed by atoms with Crippen molar-refractivity contribution in [2.75, 3.05) is 13.2 Å². The lowest BCUT2D eigenvalue weighted by Crippen LogP contribution is -2.39. The van der Waals surface area contributed by atoms with Gasteiger partial charge < -0.3 is 25.4 Å². The summed E-state index contributed by atoms with van der Waals surface area (Å²) in [4.78, 5) is 23.1. The highest BCUT2D eigenvalue weighted by molar-refractivity contribution is 5.88. The van der Waals surface area contributed by atoms with Crippen LogP contribution in [0.15, 0.2) is 30.4 Å². The van der Waals surface area contributed by atoms with Gasteiger partial charge in [0, 0.05) is 6.04 Å². The molecule has 0 heterocycles. The third-order valence-corrected chi connectivity index (χ3v) is 6.35. The maximum Gasteiger partial charge on any atom is 0.336 e. The molecule has 4 N–H and O–H groups in total. The summed E-state index contributed by atoms with van der Waals surface area (Å²) in [5.74, 6) is -0.868. The van der Waals surface area contributed by atoms with E-state index in [4.69, 9.17) is 20.3 Å². The molecule has 0 bridgehead atoms. The number of aliphatic hydroxyl groups excluding tert-OH is 1. The lowest BCUT2D eigenvalue weighted by Gasteiger charge is -2.29. The minimum absolute atomic E-state index is 0.0395. The zero-order valence-corrected chi connectivity index (χ0v) is 22.5. The van der Waals surface area contributed by atoms with Crippen LogP contribution in [-0.4, -0.2) is 47.5 Å². The van der Waals surface area contributed by atoms with Crippen LogP contribution in [0.1, 0.15) is 72.4 Å². The van der Waals surface area contributed by atoms with Crippen LogP contribution < -0.4 is 10.5 Å². The quantitative estimate of drug-likeness (QED) is 0.259. The van der Waals surface area contributed by atoms with E-state index in [1.807, 2.05) is 6.07 Å². The first-order valence-corrected chi connectivity index (χ1v) is 12.4. The van der Waals surface area contributed by atoms with E-state index in [1.165, 1.54) is 0 Å². The first kappa shape index (κ1) is 30.7. The molecule has 0 radical (unpaired) electrons. The van der Waals surface area contributed by atoms with Gasteiger partial charge in [-0.1, -0.05) is 60.3 Å². The zero-order valence-electron chi connectivity index (χ0n) is 22.5. The van der Waals surface area contributed by atoms with Gasteiger partial charge in [-0.3, -0.25) is 4.79 Å². The van der Waals surface area contributed by atoms with Gasteiger partial charge in [0.2, 0.25) is 0 Å². The van der Waals surface area contributed by atoms with Gasteiger partial charge in [0.05, 0.1) is 24.2 Å². The molecule has 1 aromatic rings. The first-order chi connectivity index (χ1) is 16.2. The molecule has 1 unspecified atom stereocenters. The lowest BCUT2D eigenvalue weighted by atomic mass is 9.81. The number of ether oxygens (including phenoxy) is 2. The van der Waals surface area contributed by atoms with Gasteiger partial charge in [0.25, 0.3) is 0 Å². The van der Waals surface area contributed by atoms with E-state index in [1.54, 1.807) is 13.8 Å². The molecule has 35 heavy (non-hydrogen) atoms. The number of aliphatic hydroxyl groups is 1. The standard InChI is InChI=1S/C28H45NO6/c1-9-34-27(33)19(5)16-35-25-14-20(10-11-22(25)28(6,7)8)13-21(17(2)3)15-23(29)24(30)12-18(4)26(31)32/h10-11,14,17-18,21,23-24,30H,5,9,12-13,15-16,29H2,1-4,6-8H3,(H,31,32)/t18?,21-,23-,24-/m0/s1. The van der Waals surface area contributed by atoms with Crippen molar-refractivity contribution in [1.82, 2.24) is 0 Å². The highest BCUT2D eigenvalue weighted by Gasteiger charge is 2.26. The van der Waals surface area contributed by atoms with Gasteiger partial charge in [0.15, 0.2) is 0 Å². The molecule has 0 aliphatic heterocycles. The molecule has 0 aliphatic carbocycles. The van der Waals surface area contributed by atoms with Crippen molar-refractivity contribution in [2.24, 2.45) is 23.5 Å². The second-order valence-electron chi connectivity index (χ2n) is 10.8. The van der Waals surface area contributed by atoms with Crippen LogP contribution in [0.5, 0.6) is 5.75 Å². The van der Waals surface area contributed by atoms with Gasteiger partial charge in [-0.25, -0.2) is 4.79 Å². The number of rotatable bonds is 14. The summed E-state index contributed by atoms with van der Waals surface area (Å²) in [6.07, 6.45) is 0.552. The Morgan fingerprint density at radius 3 is 2.29 bits per heavy atom. The number of hydrogen-bond donors (Lipinski definition) is 3. The third kappa shape index (κ3) is 10.0. The largest absolute Gasteiger partial charge is 0.488 e. The molecule has 0 aliphatic rings. The summed E-state index contributed by atoms with van der Waals surface area (Å²) in [6.45, 7) is 18.0. The number of hydrogen-bond acceptors (Lipinski definition) is 6. The summed E-state index contributed by atoms with van der Waals surface area (Å²) in [5, 5.41) is 19.6. The summed E-state index contributed by atoms with van der Waals surface area (Å²) in [6, 6.07) is 5.63. The van der Waals surface area contributed by atoms with Crippen molar-refractivity contribution in [3.63, 3.8) is 0 Å². The normalized spacial score (nSPS) is 15.3. The molecule has 4 atom stereocenters. The fourth-order valence-electron chi connectivity index (χ4n) is 3.93. The van der Waals surface area contributed by atoms with E-state index in [2.05, 4.69) is 53.3 Å². The fourth-order valence-corrected chi connectivity index (χ4v) is 3.93. The Bertz CT molecular complexity index is 857. The Morgan fingerprint density at radius 2 is 1.77 bits per heavy atom. The minimum Gasteiger partial charge on any atom is -0.488 e. The average Bonchev–Trinajstić information content (AvgIpc) is 2.75. The Labute approximate surface area is 210 Å². The smallest absolute Gasteiger partial charge is 0.336 e. The third-order valence-electron chi connectivity index (χ3n) is 6.35. The Morgan fingerprint density at radius 1 is 1.14 bits per heavy atom. The molecule has 0 saturated heterocycles. The average molecular weight is 492 g/mol. The van der Waals surface area contributed by atoms with Gasteiger partial charge >= 0.3 is 11.9 Å². The van der Waals surface area contributed by atoms with Crippen molar-refractivity contribution < 1.29 is 29.3 Å². The number of esters is 1. The molecule has 0 saturated carbocycles. The van der Waals surface area contributed by atoms with Crippen molar-refractivity contribution in [3.8, 4) is 5.75 Å². The van der Waals surface area contributed by atoms with Crippen LogP contribution in [-0.2, 0) is 26.2 Å². The van der Waals surface area contributed by atoms with Crippen molar-refractivity contribution in [1.29, 1.82) is 0 Å². The highest BCUT2D eigenvalue weighted by atomic mass is 16.5. The van der Waals surface area contributed by atoms with Crippen molar-refractivity contribution >= 4 is 11.9 Å². The van der Waals surface area contributed by atoms with Crippen LogP contribution in [0.3, 0.4) is 0 Å². The van der Waals surface area contributed by atoms with Crippen LogP contribution >= 0.6 is 0 Å². The summed E-state index contributed by atoms with van der Waals surface area (Å²) >= 11 is 0. The lowest BCUT2D eigenvalue weighted by molar-refractivity contribution is -0.142.